The SMILES string of the molecule is CC/C=C\C/C=C\C/C=C\C/C=C\CCCCCCCCCCCCCCCCCCCCCCC(=O)OCC(COC(=O)CCCCCCC/C=C\CCCC)OC(=O)CCCCCCC/C=C\CCCC. The van der Waals surface area contributed by atoms with Gasteiger partial charge in [0.15, 0.2) is 6.10 Å². The van der Waals surface area contributed by atoms with E-state index in [0.717, 1.165) is 103 Å². The molecule has 0 saturated carbocycles. The van der Waals surface area contributed by atoms with Crippen LogP contribution in [0.2, 0.25) is 0 Å². The third-order valence-corrected chi connectivity index (χ3v) is 13.7. The van der Waals surface area contributed by atoms with Gasteiger partial charge in [0.05, 0.1) is 0 Å². The Morgan fingerprint density at radius 2 is 0.534 bits per heavy atom. The Morgan fingerprint density at radius 3 is 0.849 bits per heavy atom. The maximum Gasteiger partial charge on any atom is 0.306 e. The van der Waals surface area contributed by atoms with E-state index in [1.165, 1.54) is 173 Å². The number of hydrogen-bond donors (Lipinski definition) is 0. The predicted octanol–water partition coefficient (Wildman–Crippen LogP) is 21.3. The molecule has 1 atom stereocenters. The monoisotopic (exact) mass is 1020 g/mol. The first-order valence-corrected chi connectivity index (χ1v) is 31.4. The molecule has 0 N–H and O–H groups in total. The molecular weight excluding hydrogens is 901 g/mol. The summed E-state index contributed by atoms with van der Waals surface area (Å²) in [5.74, 6) is -0.887. The summed E-state index contributed by atoms with van der Waals surface area (Å²) in [7, 11) is 0. The first kappa shape index (κ1) is 69.8. The van der Waals surface area contributed by atoms with Crippen LogP contribution < -0.4 is 0 Å². The zero-order chi connectivity index (χ0) is 52.9. The van der Waals surface area contributed by atoms with Crippen molar-refractivity contribution in [1.82, 2.24) is 0 Å². The fourth-order valence-electron chi connectivity index (χ4n) is 8.93. The molecule has 0 radical (unpaired) electrons. The summed E-state index contributed by atoms with van der Waals surface area (Å²) < 4.78 is 16.8. The van der Waals surface area contributed by atoms with Gasteiger partial charge in [0.25, 0.3) is 0 Å². The molecule has 0 aromatic rings. The molecule has 0 rings (SSSR count). The van der Waals surface area contributed by atoms with E-state index >= 15 is 0 Å². The molecule has 422 valence electrons. The third-order valence-electron chi connectivity index (χ3n) is 13.7. The van der Waals surface area contributed by atoms with Gasteiger partial charge in [-0.15, -0.1) is 0 Å². The maximum absolute atomic E-state index is 12.8. The molecule has 0 heterocycles. The van der Waals surface area contributed by atoms with E-state index < -0.39 is 6.10 Å². The molecule has 0 aliphatic carbocycles. The highest BCUT2D eigenvalue weighted by Crippen LogP contribution is 2.17. The topological polar surface area (TPSA) is 78.9 Å². The van der Waals surface area contributed by atoms with Gasteiger partial charge in [0.1, 0.15) is 13.2 Å². The number of esters is 3. The molecule has 73 heavy (non-hydrogen) atoms. The highest BCUT2D eigenvalue weighted by atomic mass is 16.6. The Hall–Kier alpha value is -3.15. The van der Waals surface area contributed by atoms with Crippen molar-refractivity contribution in [3.05, 3.63) is 72.9 Å². The Labute approximate surface area is 453 Å². The van der Waals surface area contributed by atoms with Crippen molar-refractivity contribution in [2.45, 2.75) is 322 Å². The molecule has 1 unspecified atom stereocenters. The van der Waals surface area contributed by atoms with Crippen LogP contribution in [0.1, 0.15) is 316 Å². The molecule has 0 saturated heterocycles. The highest BCUT2D eigenvalue weighted by molar-refractivity contribution is 5.71. The molecular formula is C67H118O6. The summed E-state index contributed by atoms with van der Waals surface area (Å²) in [6.07, 6.45) is 79.4. The van der Waals surface area contributed by atoms with Crippen LogP contribution in [0.25, 0.3) is 0 Å². The van der Waals surface area contributed by atoms with Gasteiger partial charge in [-0.25, -0.2) is 0 Å². The predicted molar refractivity (Wildman–Crippen MR) is 316 cm³/mol. The van der Waals surface area contributed by atoms with Crippen LogP contribution in [0.15, 0.2) is 72.9 Å². The number of hydrogen-bond acceptors (Lipinski definition) is 6. The molecule has 0 aliphatic heterocycles. The molecule has 0 bridgehead atoms. The molecule has 6 nitrogen and oxygen atoms in total. The van der Waals surface area contributed by atoms with E-state index in [2.05, 4.69) is 93.7 Å². The second-order valence-corrected chi connectivity index (χ2v) is 20.9. The minimum Gasteiger partial charge on any atom is -0.462 e. The van der Waals surface area contributed by atoms with Crippen molar-refractivity contribution >= 4 is 17.9 Å². The smallest absolute Gasteiger partial charge is 0.306 e. The number of ether oxygens (including phenoxy) is 3. The molecule has 0 aromatic carbocycles. The van der Waals surface area contributed by atoms with Crippen molar-refractivity contribution in [1.29, 1.82) is 0 Å². The zero-order valence-corrected chi connectivity index (χ0v) is 48.4. The lowest BCUT2D eigenvalue weighted by Crippen LogP contribution is -2.30. The first-order chi connectivity index (χ1) is 36.0. The van der Waals surface area contributed by atoms with Crippen molar-refractivity contribution in [2.75, 3.05) is 13.2 Å². The van der Waals surface area contributed by atoms with E-state index in [1.807, 2.05) is 0 Å². The molecule has 0 aliphatic rings. The van der Waals surface area contributed by atoms with E-state index in [9.17, 15) is 14.4 Å². The van der Waals surface area contributed by atoms with Crippen LogP contribution in [-0.2, 0) is 28.6 Å². The largest absolute Gasteiger partial charge is 0.462 e. The normalized spacial score (nSPS) is 12.5. The van der Waals surface area contributed by atoms with Crippen molar-refractivity contribution in [3.8, 4) is 0 Å². The zero-order valence-electron chi connectivity index (χ0n) is 48.4. The van der Waals surface area contributed by atoms with E-state index in [4.69, 9.17) is 14.2 Å². The van der Waals surface area contributed by atoms with Crippen LogP contribution >= 0.6 is 0 Å². The van der Waals surface area contributed by atoms with Gasteiger partial charge >= 0.3 is 17.9 Å². The van der Waals surface area contributed by atoms with Gasteiger partial charge in [-0.2, -0.15) is 0 Å². The molecule has 0 amide bonds. The Balaban J connectivity index is 4.02. The Morgan fingerprint density at radius 1 is 0.288 bits per heavy atom. The van der Waals surface area contributed by atoms with Crippen LogP contribution in [0.5, 0.6) is 0 Å². The second-order valence-electron chi connectivity index (χ2n) is 20.9. The molecule has 0 aromatic heterocycles. The summed E-state index contributed by atoms with van der Waals surface area (Å²) in [6.45, 7) is 6.46. The number of carbonyl (C=O) groups is 3. The minimum atomic E-state index is -0.779. The van der Waals surface area contributed by atoms with Crippen molar-refractivity contribution in [3.63, 3.8) is 0 Å². The number of carbonyl (C=O) groups excluding carboxylic acids is 3. The first-order valence-electron chi connectivity index (χ1n) is 31.4. The Kier molecular flexibility index (Phi) is 58.7. The van der Waals surface area contributed by atoms with Gasteiger partial charge < -0.3 is 14.2 Å². The van der Waals surface area contributed by atoms with Crippen LogP contribution in [0, 0.1) is 0 Å². The van der Waals surface area contributed by atoms with Crippen molar-refractivity contribution in [2.24, 2.45) is 0 Å². The number of unbranched alkanes of at least 4 members (excludes halogenated alkanes) is 34. The standard InChI is InChI=1S/C67H118O6/c1-4-7-10-13-16-19-22-23-24-25-26-27-28-29-30-31-32-33-34-35-36-37-38-39-40-41-42-43-46-48-51-54-57-60-66(69)72-63-64(73-67(70)61-58-55-52-49-45-21-18-15-12-9-6-3)62-71-65(68)59-56-53-50-47-44-20-17-14-11-8-5-2/h7,10,14-19,23-24,26-27,64H,4-6,8-9,11-13,20-22,25,28-63H2,1-3H3/b10-7-,17-14-,18-15-,19-16-,24-23-,27-26-. The second kappa shape index (κ2) is 61.4. The summed E-state index contributed by atoms with van der Waals surface area (Å²) in [5.41, 5.74) is 0. The van der Waals surface area contributed by atoms with Crippen LogP contribution in [-0.4, -0.2) is 37.2 Å². The van der Waals surface area contributed by atoms with Gasteiger partial charge in [0.2, 0.25) is 0 Å². The minimum absolute atomic E-state index is 0.0776. The lowest BCUT2D eigenvalue weighted by Gasteiger charge is -2.18. The van der Waals surface area contributed by atoms with Gasteiger partial charge in [-0.05, 0) is 96.3 Å². The lowest BCUT2D eigenvalue weighted by molar-refractivity contribution is -0.167. The molecule has 6 heteroatoms. The molecule has 0 spiro atoms. The van der Waals surface area contributed by atoms with E-state index in [0.29, 0.717) is 19.3 Å². The van der Waals surface area contributed by atoms with Gasteiger partial charge in [-0.3, -0.25) is 14.4 Å². The number of allylic oxidation sites excluding steroid dienone is 12. The summed E-state index contributed by atoms with van der Waals surface area (Å²) in [5, 5.41) is 0. The third kappa shape index (κ3) is 59.6. The number of rotatable bonds is 57. The Bertz CT molecular complexity index is 1360. The fraction of sp³-hybridized carbons (Fsp3) is 0.776. The average molecular weight is 1020 g/mol. The fourth-order valence-corrected chi connectivity index (χ4v) is 8.93. The van der Waals surface area contributed by atoms with Crippen LogP contribution in [0.4, 0.5) is 0 Å². The lowest BCUT2D eigenvalue weighted by atomic mass is 10.0. The summed E-state index contributed by atoms with van der Waals surface area (Å²) in [4.78, 5) is 38.1. The molecule has 0 fully saturated rings. The van der Waals surface area contributed by atoms with Crippen LogP contribution in [0.3, 0.4) is 0 Å². The van der Waals surface area contributed by atoms with Gasteiger partial charge in [0, 0.05) is 19.3 Å². The summed E-state index contributed by atoms with van der Waals surface area (Å²) in [6, 6.07) is 0. The van der Waals surface area contributed by atoms with Gasteiger partial charge in [-0.1, -0.05) is 273 Å². The van der Waals surface area contributed by atoms with E-state index in [1.54, 1.807) is 0 Å². The average Bonchev–Trinajstić information content (AvgIpc) is 3.39. The van der Waals surface area contributed by atoms with Crippen molar-refractivity contribution < 1.29 is 28.6 Å². The quantitative estimate of drug-likeness (QED) is 0.0261. The maximum atomic E-state index is 12.8. The summed E-state index contributed by atoms with van der Waals surface area (Å²) >= 11 is 0. The van der Waals surface area contributed by atoms with E-state index in [-0.39, 0.29) is 31.1 Å². The highest BCUT2D eigenvalue weighted by Gasteiger charge is 2.19.